The Bertz CT molecular complexity index is 1360. The van der Waals surface area contributed by atoms with Gasteiger partial charge in [0.2, 0.25) is 5.43 Å². The van der Waals surface area contributed by atoms with Crippen LogP contribution >= 0.6 is 11.3 Å². The molecular formula is C23H22N4O3S. The number of amides is 1. The predicted octanol–water partition coefficient (Wildman–Crippen LogP) is 4.42. The average molecular weight is 435 g/mol. The number of nitrogens with zero attached hydrogens (tertiary/aromatic N) is 3. The van der Waals surface area contributed by atoms with Gasteiger partial charge in [0.25, 0.3) is 5.91 Å². The van der Waals surface area contributed by atoms with Crippen molar-refractivity contribution >= 4 is 33.4 Å². The first-order valence-corrected chi connectivity index (χ1v) is 10.7. The van der Waals surface area contributed by atoms with Gasteiger partial charge in [0.15, 0.2) is 5.13 Å². The number of pyridine rings is 2. The molecule has 3 heterocycles. The molecule has 0 fully saturated rings. The summed E-state index contributed by atoms with van der Waals surface area (Å²) in [6, 6.07) is 9.29. The van der Waals surface area contributed by atoms with Crippen molar-refractivity contribution in [3.63, 3.8) is 0 Å². The summed E-state index contributed by atoms with van der Waals surface area (Å²) in [6.07, 6.45) is 1.56. The van der Waals surface area contributed by atoms with E-state index in [-0.39, 0.29) is 11.0 Å². The number of ether oxygens (including phenoxy) is 1. The van der Waals surface area contributed by atoms with Crippen molar-refractivity contribution in [1.29, 1.82) is 0 Å². The lowest BCUT2D eigenvalue weighted by atomic mass is 10.1. The SMILES string of the molecule is CCn1cc(C(=O)Nc2nc(-c3ccc(OC)c(C)c3)cs2)c(=O)c2ccc(C)nc21. The van der Waals surface area contributed by atoms with E-state index >= 15 is 0 Å². The number of carbonyl (C=O) groups excluding carboxylic acids is 1. The minimum absolute atomic E-state index is 0.0667. The molecule has 158 valence electrons. The lowest BCUT2D eigenvalue weighted by molar-refractivity contribution is 0.102. The lowest BCUT2D eigenvalue weighted by Gasteiger charge is -2.11. The standard InChI is InChI=1S/C23H22N4O3S/c1-5-27-11-17(20(28)16-8-6-14(3)24-21(16)27)22(29)26-23-25-18(12-31-23)15-7-9-19(30-4)13(2)10-15/h6-12H,5H2,1-4H3,(H,25,26,29). The first-order chi connectivity index (χ1) is 14.9. The maximum atomic E-state index is 12.9. The summed E-state index contributed by atoms with van der Waals surface area (Å²) in [5.41, 5.74) is 3.79. The van der Waals surface area contributed by atoms with Gasteiger partial charge in [-0.3, -0.25) is 14.9 Å². The summed E-state index contributed by atoms with van der Waals surface area (Å²) >= 11 is 1.31. The molecule has 0 saturated heterocycles. The highest BCUT2D eigenvalue weighted by Gasteiger charge is 2.18. The molecule has 1 N–H and O–H groups in total. The molecule has 0 aliphatic carbocycles. The van der Waals surface area contributed by atoms with Crippen molar-refractivity contribution in [2.75, 3.05) is 12.4 Å². The Morgan fingerprint density at radius 3 is 2.71 bits per heavy atom. The van der Waals surface area contributed by atoms with Crippen LogP contribution in [-0.2, 0) is 6.54 Å². The molecule has 0 aliphatic rings. The van der Waals surface area contributed by atoms with E-state index in [1.165, 1.54) is 11.3 Å². The topological polar surface area (TPSA) is 86.1 Å². The van der Waals surface area contributed by atoms with Crippen molar-refractivity contribution in [3.05, 3.63) is 69.0 Å². The number of anilines is 1. The molecule has 0 aliphatic heterocycles. The van der Waals surface area contributed by atoms with Gasteiger partial charge in [-0.15, -0.1) is 11.3 Å². The number of carbonyl (C=O) groups is 1. The van der Waals surface area contributed by atoms with Gasteiger partial charge in [0.05, 0.1) is 18.2 Å². The lowest BCUT2D eigenvalue weighted by Crippen LogP contribution is -2.24. The number of benzene rings is 1. The molecule has 0 unspecified atom stereocenters. The van der Waals surface area contributed by atoms with Crippen molar-refractivity contribution in [3.8, 4) is 17.0 Å². The van der Waals surface area contributed by atoms with Gasteiger partial charge >= 0.3 is 0 Å². The third kappa shape index (κ3) is 3.94. The molecule has 4 aromatic rings. The van der Waals surface area contributed by atoms with Crippen LogP contribution in [-0.4, -0.2) is 27.6 Å². The average Bonchev–Trinajstić information content (AvgIpc) is 3.22. The molecule has 0 radical (unpaired) electrons. The maximum Gasteiger partial charge on any atom is 0.262 e. The number of nitrogens with one attached hydrogen (secondary N) is 1. The molecule has 0 saturated carbocycles. The minimum atomic E-state index is -0.485. The molecular weight excluding hydrogens is 412 g/mol. The third-order valence-electron chi connectivity index (χ3n) is 5.06. The molecule has 7 nitrogen and oxygen atoms in total. The second-order valence-corrected chi connectivity index (χ2v) is 8.02. The van der Waals surface area contributed by atoms with Crippen LogP contribution in [0.25, 0.3) is 22.3 Å². The van der Waals surface area contributed by atoms with E-state index in [2.05, 4.69) is 15.3 Å². The fourth-order valence-corrected chi connectivity index (χ4v) is 4.14. The van der Waals surface area contributed by atoms with Gasteiger partial charge in [0, 0.05) is 29.4 Å². The van der Waals surface area contributed by atoms with Gasteiger partial charge in [0.1, 0.15) is 17.0 Å². The molecule has 1 amide bonds. The Morgan fingerprint density at radius 1 is 1.19 bits per heavy atom. The van der Waals surface area contributed by atoms with Crippen LogP contribution in [0.5, 0.6) is 5.75 Å². The number of hydrogen-bond donors (Lipinski definition) is 1. The summed E-state index contributed by atoms with van der Waals surface area (Å²) < 4.78 is 7.11. The van der Waals surface area contributed by atoms with Gasteiger partial charge in [-0.05, 0) is 56.7 Å². The molecule has 0 atom stereocenters. The van der Waals surface area contributed by atoms with Crippen molar-refractivity contribution < 1.29 is 9.53 Å². The quantitative estimate of drug-likeness (QED) is 0.503. The Kier molecular flexibility index (Phi) is 5.56. The highest BCUT2D eigenvalue weighted by molar-refractivity contribution is 7.14. The van der Waals surface area contributed by atoms with Crippen molar-refractivity contribution in [1.82, 2.24) is 14.5 Å². The Balaban J connectivity index is 1.64. The first kappa shape index (κ1) is 20.7. The summed E-state index contributed by atoms with van der Waals surface area (Å²) in [6.45, 7) is 6.37. The monoisotopic (exact) mass is 434 g/mol. The van der Waals surface area contributed by atoms with E-state index in [1.807, 2.05) is 48.9 Å². The summed E-state index contributed by atoms with van der Waals surface area (Å²) in [7, 11) is 1.63. The molecule has 1 aromatic carbocycles. The third-order valence-corrected chi connectivity index (χ3v) is 5.82. The second kappa shape index (κ2) is 8.31. The molecule has 31 heavy (non-hydrogen) atoms. The zero-order valence-corrected chi connectivity index (χ0v) is 18.5. The molecule has 0 spiro atoms. The van der Waals surface area contributed by atoms with Crippen molar-refractivity contribution in [2.24, 2.45) is 0 Å². The predicted molar refractivity (Wildman–Crippen MR) is 123 cm³/mol. The molecule has 8 heteroatoms. The number of aryl methyl sites for hydroxylation is 3. The smallest absolute Gasteiger partial charge is 0.262 e. The summed E-state index contributed by atoms with van der Waals surface area (Å²) in [4.78, 5) is 34.8. The van der Waals surface area contributed by atoms with Crippen LogP contribution in [0.4, 0.5) is 5.13 Å². The van der Waals surface area contributed by atoms with Gasteiger partial charge in [-0.2, -0.15) is 0 Å². The van der Waals surface area contributed by atoms with Crippen molar-refractivity contribution in [2.45, 2.75) is 27.3 Å². The number of methoxy groups -OCH3 is 1. The number of rotatable bonds is 5. The van der Waals surface area contributed by atoms with E-state index in [0.717, 1.165) is 28.3 Å². The van der Waals surface area contributed by atoms with Crippen LogP contribution < -0.4 is 15.5 Å². The second-order valence-electron chi connectivity index (χ2n) is 7.16. The normalized spacial score (nSPS) is 11.0. The van der Waals surface area contributed by atoms with Crippen LogP contribution in [0.1, 0.15) is 28.5 Å². The van der Waals surface area contributed by atoms with Crippen LogP contribution in [0.15, 0.2) is 46.7 Å². The zero-order valence-electron chi connectivity index (χ0n) is 17.7. The number of aromatic nitrogens is 3. The van der Waals surface area contributed by atoms with E-state index in [4.69, 9.17) is 4.74 Å². The Morgan fingerprint density at radius 2 is 2.00 bits per heavy atom. The van der Waals surface area contributed by atoms with E-state index in [0.29, 0.717) is 22.7 Å². The minimum Gasteiger partial charge on any atom is -0.496 e. The molecule has 4 rings (SSSR count). The van der Waals surface area contributed by atoms with Crippen LogP contribution in [0.2, 0.25) is 0 Å². The molecule has 0 bridgehead atoms. The van der Waals surface area contributed by atoms with E-state index in [1.54, 1.807) is 25.4 Å². The van der Waals surface area contributed by atoms with Gasteiger partial charge in [-0.1, -0.05) is 0 Å². The first-order valence-electron chi connectivity index (χ1n) is 9.84. The zero-order chi connectivity index (χ0) is 22.1. The summed E-state index contributed by atoms with van der Waals surface area (Å²) in [5.74, 6) is 0.321. The fourth-order valence-electron chi connectivity index (χ4n) is 3.43. The fraction of sp³-hybridized carbons (Fsp3) is 0.217. The van der Waals surface area contributed by atoms with Gasteiger partial charge in [-0.25, -0.2) is 9.97 Å². The van der Waals surface area contributed by atoms with E-state index in [9.17, 15) is 9.59 Å². The largest absolute Gasteiger partial charge is 0.496 e. The van der Waals surface area contributed by atoms with E-state index < -0.39 is 5.91 Å². The summed E-state index contributed by atoms with van der Waals surface area (Å²) in [5, 5.41) is 5.49. The molecule has 3 aromatic heterocycles. The Labute approximate surface area is 183 Å². The van der Waals surface area contributed by atoms with Gasteiger partial charge < -0.3 is 9.30 Å². The van der Waals surface area contributed by atoms with Crippen LogP contribution in [0.3, 0.4) is 0 Å². The number of thiazole rings is 1. The van der Waals surface area contributed by atoms with Crippen LogP contribution in [0, 0.1) is 13.8 Å². The number of hydrogen-bond acceptors (Lipinski definition) is 6. The highest BCUT2D eigenvalue weighted by Crippen LogP contribution is 2.29. The maximum absolute atomic E-state index is 12.9. The highest BCUT2D eigenvalue weighted by atomic mass is 32.1. The number of fused-ring (bicyclic) bond motifs is 1. The Hall–Kier alpha value is -3.52.